The minimum atomic E-state index is -4.40. The van der Waals surface area contributed by atoms with Crippen LogP contribution in [0.2, 0.25) is 5.02 Å². The number of aromatic nitrogens is 5. The zero-order valence-corrected chi connectivity index (χ0v) is 20.5. The van der Waals surface area contributed by atoms with Crippen LogP contribution < -0.4 is 10.5 Å². The molecule has 0 N–H and O–H groups in total. The van der Waals surface area contributed by atoms with Gasteiger partial charge in [-0.05, 0) is 25.1 Å². The van der Waals surface area contributed by atoms with Gasteiger partial charge in [-0.25, -0.2) is 14.4 Å². The van der Waals surface area contributed by atoms with Crippen molar-refractivity contribution in [2.75, 3.05) is 24.6 Å². The topological polar surface area (TPSA) is 78.1 Å². The zero-order valence-electron chi connectivity index (χ0n) is 19.8. The number of hydrogen-bond donors (Lipinski definition) is 0. The third-order valence-corrected chi connectivity index (χ3v) is 6.45. The molecule has 13 heteroatoms. The average Bonchev–Trinajstić information content (AvgIpc) is 3.29. The molecule has 0 spiro atoms. The Morgan fingerprint density at radius 2 is 2.00 bits per heavy atom. The molecule has 1 aliphatic heterocycles. The first-order valence-electron chi connectivity index (χ1n) is 11.3. The van der Waals surface area contributed by atoms with Crippen LogP contribution in [0, 0.1) is 12.7 Å². The molecule has 8 nitrogen and oxygen atoms in total. The van der Waals surface area contributed by atoms with Gasteiger partial charge in [-0.2, -0.15) is 18.3 Å². The molecule has 37 heavy (non-hydrogen) atoms. The van der Waals surface area contributed by atoms with Crippen molar-refractivity contribution in [2.45, 2.75) is 25.7 Å². The number of alkyl halides is 3. The molecule has 0 saturated carbocycles. The molecule has 0 radical (unpaired) electrons. The fraction of sp³-hybridized carbons (Fsp3) is 0.333. The Labute approximate surface area is 213 Å². The van der Waals surface area contributed by atoms with Crippen LogP contribution in [-0.2, 0) is 18.3 Å². The Morgan fingerprint density at radius 1 is 1.22 bits per heavy atom. The minimum absolute atomic E-state index is 0.0947. The van der Waals surface area contributed by atoms with Crippen LogP contribution >= 0.6 is 11.6 Å². The molecule has 1 atom stereocenters. The van der Waals surface area contributed by atoms with Gasteiger partial charge in [-0.1, -0.05) is 11.6 Å². The van der Waals surface area contributed by atoms with E-state index in [2.05, 4.69) is 15.1 Å². The van der Waals surface area contributed by atoms with E-state index in [1.807, 2.05) is 4.90 Å². The van der Waals surface area contributed by atoms with Crippen LogP contribution in [0.3, 0.4) is 0 Å². The van der Waals surface area contributed by atoms with E-state index < -0.39 is 24.6 Å². The number of fused-ring (bicyclic) bond motifs is 1. The second kappa shape index (κ2) is 9.42. The summed E-state index contributed by atoms with van der Waals surface area (Å²) in [6.45, 7) is 1.42. The molecule has 1 aromatic carbocycles. The summed E-state index contributed by atoms with van der Waals surface area (Å²) in [4.78, 5) is 24.2. The number of pyridine rings is 1. The maximum absolute atomic E-state index is 15.0. The molecule has 5 rings (SSSR count). The molecule has 1 fully saturated rings. The first kappa shape index (κ1) is 25.2. The SMILES string of the molecule is Cc1nc2cc(N3CCO[C@@H](c4cnn(CC(F)(F)F)c4)C3)nc(-c3ccc(Cl)cc3F)c2c(=O)n1C. The molecule has 194 valence electrons. The van der Waals surface area contributed by atoms with Crippen molar-refractivity contribution in [1.29, 1.82) is 0 Å². The quantitative estimate of drug-likeness (QED) is 0.359. The predicted molar refractivity (Wildman–Crippen MR) is 129 cm³/mol. The van der Waals surface area contributed by atoms with Crippen molar-refractivity contribution in [3.63, 3.8) is 0 Å². The van der Waals surface area contributed by atoms with Gasteiger partial charge in [0.2, 0.25) is 0 Å². The monoisotopic (exact) mass is 536 g/mol. The van der Waals surface area contributed by atoms with E-state index in [9.17, 15) is 22.4 Å². The predicted octanol–water partition coefficient (Wildman–Crippen LogP) is 4.43. The van der Waals surface area contributed by atoms with Crippen molar-refractivity contribution in [3.8, 4) is 11.3 Å². The van der Waals surface area contributed by atoms with Crippen molar-refractivity contribution in [3.05, 3.63) is 69.2 Å². The number of anilines is 1. The van der Waals surface area contributed by atoms with E-state index in [0.29, 0.717) is 29.3 Å². The van der Waals surface area contributed by atoms with E-state index in [1.165, 1.54) is 29.1 Å². The van der Waals surface area contributed by atoms with E-state index in [-0.39, 0.29) is 40.4 Å². The van der Waals surface area contributed by atoms with Crippen LogP contribution in [0.25, 0.3) is 22.2 Å². The van der Waals surface area contributed by atoms with Crippen LogP contribution in [0.5, 0.6) is 0 Å². The number of aryl methyl sites for hydroxylation is 1. The molecule has 3 aromatic heterocycles. The highest BCUT2D eigenvalue weighted by molar-refractivity contribution is 6.30. The summed E-state index contributed by atoms with van der Waals surface area (Å²) < 4.78 is 61.2. The minimum Gasteiger partial charge on any atom is -0.370 e. The molecule has 0 unspecified atom stereocenters. The van der Waals surface area contributed by atoms with Gasteiger partial charge >= 0.3 is 6.18 Å². The lowest BCUT2D eigenvalue weighted by Crippen LogP contribution is -2.39. The van der Waals surface area contributed by atoms with Crippen LogP contribution in [0.15, 0.2) is 41.5 Å². The number of ether oxygens (including phenoxy) is 1. The Balaban J connectivity index is 1.57. The van der Waals surface area contributed by atoms with Crippen LogP contribution in [-0.4, -0.2) is 50.2 Å². The molecule has 4 heterocycles. The maximum Gasteiger partial charge on any atom is 0.408 e. The summed E-state index contributed by atoms with van der Waals surface area (Å²) in [5.74, 6) is 0.250. The fourth-order valence-electron chi connectivity index (χ4n) is 4.29. The maximum atomic E-state index is 15.0. The highest BCUT2D eigenvalue weighted by atomic mass is 35.5. The number of morpholine rings is 1. The number of benzene rings is 1. The normalized spacial score (nSPS) is 16.5. The standard InChI is InChI=1S/C24H21ClF4N6O2/c1-13-31-18-8-20(32-22(21(18)23(36)33(13)2)16-4-3-15(25)7-17(16)26)34-5-6-37-19(11-34)14-9-30-35(10-14)12-24(27,28)29/h3-4,7-10,19H,5-6,11-12H2,1-2H3/t19-/m1/s1. The summed E-state index contributed by atoms with van der Waals surface area (Å²) in [5.41, 5.74) is 0.674. The van der Waals surface area contributed by atoms with Gasteiger partial charge in [0.15, 0.2) is 0 Å². The fourth-order valence-corrected chi connectivity index (χ4v) is 4.45. The molecule has 0 amide bonds. The summed E-state index contributed by atoms with van der Waals surface area (Å²) in [6.07, 6.45) is -2.31. The Morgan fingerprint density at radius 3 is 2.73 bits per heavy atom. The van der Waals surface area contributed by atoms with Gasteiger partial charge in [-0.15, -0.1) is 0 Å². The molecular formula is C24H21ClF4N6O2. The average molecular weight is 537 g/mol. The van der Waals surface area contributed by atoms with Crippen molar-refractivity contribution in [2.24, 2.45) is 7.05 Å². The lowest BCUT2D eigenvalue weighted by Gasteiger charge is -2.33. The van der Waals surface area contributed by atoms with Gasteiger partial charge in [-0.3, -0.25) is 14.0 Å². The van der Waals surface area contributed by atoms with Crippen LogP contribution in [0.1, 0.15) is 17.5 Å². The first-order valence-corrected chi connectivity index (χ1v) is 11.7. The molecule has 1 saturated heterocycles. The summed E-state index contributed by atoms with van der Waals surface area (Å²) in [5, 5.41) is 4.16. The van der Waals surface area contributed by atoms with Crippen molar-refractivity contribution < 1.29 is 22.3 Å². The Kier molecular flexibility index (Phi) is 6.40. The Hall–Kier alpha value is -3.51. The number of rotatable bonds is 4. The summed E-state index contributed by atoms with van der Waals surface area (Å²) >= 11 is 5.93. The van der Waals surface area contributed by atoms with E-state index in [4.69, 9.17) is 16.3 Å². The van der Waals surface area contributed by atoms with Gasteiger partial charge in [0, 0.05) is 48.5 Å². The van der Waals surface area contributed by atoms with E-state index in [1.54, 1.807) is 20.0 Å². The molecule has 0 bridgehead atoms. The van der Waals surface area contributed by atoms with Gasteiger partial charge < -0.3 is 9.64 Å². The highest BCUT2D eigenvalue weighted by Gasteiger charge is 2.30. The molecule has 0 aliphatic carbocycles. The van der Waals surface area contributed by atoms with Crippen molar-refractivity contribution in [1.82, 2.24) is 24.3 Å². The molecule has 1 aliphatic rings. The van der Waals surface area contributed by atoms with E-state index in [0.717, 1.165) is 10.7 Å². The van der Waals surface area contributed by atoms with Gasteiger partial charge in [0.05, 0.1) is 29.4 Å². The largest absolute Gasteiger partial charge is 0.408 e. The van der Waals surface area contributed by atoms with E-state index >= 15 is 0 Å². The smallest absolute Gasteiger partial charge is 0.370 e. The molecule has 4 aromatic rings. The molecular weight excluding hydrogens is 516 g/mol. The van der Waals surface area contributed by atoms with Gasteiger partial charge in [0.1, 0.15) is 30.1 Å². The summed E-state index contributed by atoms with van der Waals surface area (Å²) in [6, 6.07) is 5.76. The number of hydrogen-bond acceptors (Lipinski definition) is 6. The van der Waals surface area contributed by atoms with Crippen molar-refractivity contribution >= 4 is 28.3 Å². The van der Waals surface area contributed by atoms with Crippen LogP contribution in [0.4, 0.5) is 23.4 Å². The van der Waals surface area contributed by atoms with Gasteiger partial charge in [0.25, 0.3) is 5.56 Å². The lowest BCUT2D eigenvalue weighted by molar-refractivity contribution is -0.142. The third kappa shape index (κ3) is 5.03. The first-order chi connectivity index (χ1) is 17.5. The number of nitrogens with zero attached hydrogens (tertiary/aromatic N) is 6. The summed E-state index contributed by atoms with van der Waals surface area (Å²) in [7, 11) is 1.57. The third-order valence-electron chi connectivity index (χ3n) is 6.21. The second-order valence-electron chi connectivity index (χ2n) is 8.76. The lowest BCUT2D eigenvalue weighted by atomic mass is 10.1. The highest BCUT2D eigenvalue weighted by Crippen LogP contribution is 2.33. The zero-order chi connectivity index (χ0) is 26.5. The Bertz CT molecular complexity index is 1550. The second-order valence-corrected chi connectivity index (χ2v) is 9.20. The number of halogens is 5.